The van der Waals surface area contributed by atoms with E-state index in [2.05, 4.69) is 35.3 Å². The molecule has 0 heterocycles. The normalized spacial score (nSPS) is 11.8. The molecule has 0 aromatic heterocycles. The van der Waals surface area contributed by atoms with Gasteiger partial charge in [-0.05, 0) is 18.4 Å². The van der Waals surface area contributed by atoms with Gasteiger partial charge >= 0.3 is 0 Å². The summed E-state index contributed by atoms with van der Waals surface area (Å²) in [6, 6.07) is 14.5. The minimum Gasteiger partial charge on any atom is -0.366 e. The molecule has 0 N–H and O–H groups in total. The molecule has 0 fully saturated rings. The summed E-state index contributed by atoms with van der Waals surface area (Å²) < 4.78 is 0. The lowest BCUT2D eigenvalue weighted by molar-refractivity contribution is 0.619. The van der Waals surface area contributed by atoms with E-state index in [4.69, 9.17) is 0 Å². The molecule has 2 heteroatoms. The SMILES string of the molecule is CC(=Nc1cccc2ccccc12)N(C)C. The Morgan fingerprint density at radius 3 is 2.44 bits per heavy atom. The number of hydrogen-bond acceptors (Lipinski definition) is 1. The predicted molar refractivity (Wildman–Crippen MR) is 70.4 cm³/mol. The number of nitrogens with zero attached hydrogens (tertiary/aromatic N) is 2. The monoisotopic (exact) mass is 212 g/mol. The van der Waals surface area contributed by atoms with Crippen LogP contribution in [-0.2, 0) is 0 Å². The molecule has 0 unspecified atom stereocenters. The molecule has 82 valence electrons. The number of fused-ring (bicyclic) bond motifs is 1. The highest BCUT2D eigenvalue weighted by molar-refractivity contribution is 5.95. The van der Waals surface area contributed by atoms with Gasteiger partial charge in [-0.15, -0.1) is 0 Å². The first-order chi connectivity index (χ1) is 7.68. The van der Waals surface area contributed by atoms with Crippen molar-refractivity contribution in [3.05, 3.63) is 42.5 Å². The first kappa shape index (κ1) is 10.7. The molecule has 2 rings (SSSR count). The summed E-state index contributed by atoms with van der Waals surface area (Å²) in [6.45, 7) is 2.02. The van der Waals surface area contributed by atoms with Gasteiger partial charge in [-0.25, -0.2) is 4.99 Å². The molecule has 0 aliphatic rings. The predicted octanol–water partition coefficient (Wildman–Crippen LogP) is 3.45. The highest BCUT2D eigenvalue weighted by atomic mass is 15.1. The number of aliphatic imine (C=N–C) groups is 1. The summed E-state index contributed by atoms with van der Waals surface area (Å²) in [5.74, 6) is 1.01. The Bertz CT molecular complexity index is 522. The second-order valence-electron chi connectivity index (χ2n) is 4.05. The van der Waals surface area contributed by atoms with Gasteiger partial charge in [-0.1, -0.05) is 36.4 Å². The van der Waals surface area contributed by atoms with Crippen LogP contribution in [0.1, 0.15) is 6.92 Å². The zero-order chi connectivity index (χ0) is 11.5. The van der Waals surface area contributed by atoms with E-state index < -0.39 is 0 Å². The fraction of sp³-hybridized carbons (Fsp3) is 0.214. The van der Waals surface area contributed by atoms with Gasteiger partial charge in [0.05, 0.1) is 5.69 Å². The van der Waals surface area contributed by atoms with Gasteiger partial charge in [0.15, 0.2) is 0 Å². The Hall–Kier alpha value is -1.83. The third-order valence-electron chi connectivity index (χ3n) is 2.70. The van der Waals surface area contributed by atoms with Crippen LogP contribution in [0.3, 0.4) is 0 Å². The quantitative estimate of drug-likeness (QED) is 0.522. The lowest BCUT2D eigenvalue weighted by Crippen LogP contribution is -2.17. The van der Waals surface area contributed by atoms with Crippen LogP contribution in [0.15, 0.2) is 47.5 Å². The molecule has 0 radical (unpaired) electrons. The van der Waals surface area contributed by atoms with Crippen LogP contribution >= 0.6 is 0 Å². The Morgan fingerprint density at radius 2 is 1.69 bits per heavy atom. The van der Waals surface area contributed by atoms with Gasteiger partial charge in [-0.2, -0.15) is 0 Å². The van der Waals surface area contributed by atoms with Crippen LogP contribution in [0.2, 0.25) is 0 Å². The van der Waals surface area contributed by atoms with Crippen molar-refractivity contribution < 1.29 is 0 Å². The molecular weight excluding hydrogens is 196 g/mol. The van der Waals surface area contributed by atoms with Crippen molar-refractivity contribution in [1.82, 2.24) is 4.90 Å². The Labute approximate surface area is 96.2 Å². The zero-order valence-electron chi connectivity index (χ0n) is 9.94. The molecule has 0 atom stereocenters. The van der Waals surface area contributed by atoms with E-state index in [1.807, 2.05) is 38.1 Å². The minimum absolute atomic E-state index is 1.01. The summed E-state index contributed by atoms with van der Waals surface area (Å²) >= 11 is 0. The molecule has 16 heavy (non-hydrogen) atoms. The highest BCUT2D eigenvalue weighted by Crippen LogP contribution is 2.25. The van der Waals surface area contributed by atoms with Crippen molar-refractivity contribution in [1.29, 1.82) is 0 Å². The molecule has 0 amide bonds. The van der Waals surface area contributed by atoms with Gasteiger partial charge in [0, 0.05) is 19.5 Å². The van der Waals surface area contributed by atoms with Crippen LogP contribution in [0, 0.1) is 0 Å². The standard InChI is InChI=1S/C14H16N2/c1-11(16(2)3)15-14-10-6-8-12-7-4-5-9-13(12)14/h4-10H,1-3H3. The van der Waals surface area contributed by atoms with Crippen LogP contribution < -0.4 is 0 Å². The average Bonchev–Trinajstić information content (AvgIpc) is 2.29. The summed E-state index contributed by atoms with van der Waals surface area (Å²) in [5.41, 5.74) is 1.03. The molecule has 0 saturated carbocycles. The zero-order valence-corrected chi connectivity index (χ0v) is 9.94. The summed E-state index contributed by atoms with van der Waals surface area (Å²) in [6.07, 6.45) is 0. The van der Waals surface area contributed by atoms with Crippen molar-refractivity contribution in [2.75, 3.05) is 14.1 Å². The third kappa shape index (κ3) is 2.06. The van der Waals surface area contributed by atoms with Crippen LogP contribution in [0.4, 0.5) is 5.69 Å². The maximum atomic E-state index is 4.63. The van der Waals surface area contributed by atoms with E-state index in [-0.39, 0.29) is 0 Å². The van der Waals surface area contributed by atoms with E-state index in [0.29, 0.717) is 0 Å². The second kappa shape index (κ2) is 4.35. The average molecular weight is 212 g/mol. The molecule has 0 spiro atoms. The number of amidine groups is 1. The van der Waals surface area contributed by atoms with E-state index in [0.717, 1.165) is 11.5 Å². The molecular formula is C14H16N2. The van der Waals surface area contributed by atoms with Crippen molar-refractivity contribution in [2.24, 2.45) is 4.99 Å². The summed E-state index contributed by atoms with van der Waals surface area (Å²) in [7, 11) is 4.01. The largest absolute Gasteiger partial charge is 0.366 e. The fourth-order valence-electron chi connectivity index (χ4n) is 1.58. The lowest BCUT2D eigenvalue weighted by Gasteiger charge is -2.11. The highest BCUT2D eigenvalue weighted by Gasteiger charge is 1.99. The molecule has 2 aromatic carbocycles. The topological polar surface area (TPSA) is 15.6 Å². The maximum absolute atomic E-state index is 4.63. The number of benzene rings is 2. The third-order valence-corrected chi connectivity index (χ3v) is 2.70. The molecule has 0 bridgehead atoms. The van der Waals surface area contributed by atoms with Gasteiger partial charge in [-0.3, -0.25) is 0 Å². The minimum atomic E-state index is 1.01. The molecule has 0 saturated heterocycles. The maximum Gasteiger partial charge on any atom is 0.101 e. The molecule has 2 aromatic rings. The number of rotatable bonds is 1. The van der Waals surface area contributed by atoms with E-state index in [9.17, 15) is 0 Å². The van der Waals surface area contributed by atoms with E-state index in [1.165, 1.54) is 10.8 Å². The van der Waals surface area contributed by atoms with Gasteiger partial charge < -0.3 is 4.90 Å². The van der Waals surface area contributed by atoms with Crippen LogP contribution in [0.25, 0.3) is 10.8 Å². The second-order valence-corrected chi connectivity index (χ2v) is 4.05. The Balaban J connectivity index is 2.57. The van der Waals surface area contributed by atoms with Crippen molar-refractivity contribution >= 4 is 22.3 Å². The lowest BCUT2D eigenvalue weighted by atomic mass is 10.1. The van der Waals surface area contributed by atoms with E-state index >= 15 is 0 Å². The Morgan fingerprint density at radius 1 is 1.00 bits per heavy atom. The van der Waals surface area contributed by atoms with Crippen LogP contribution in [0.5, 0.6) is 0 Å². The van der Waals surface area contributed by atoms with Gasteiger partial charge in [0.2, 0.25) is 0 Å². The fourth-order valence-corrected chi connectivity index (χ4v) is 1.58. The smallest absolute Gasteiger partial charge is 0.101 e. The first-order valence-electron chi connectivity index (χ1n) is 5.39. The van der Waals surface area contributed by atoms with Crippen molar-refractivity contribution in [2.45, 2.75) is 6.92 Å². The summed E-state index contributed by atoms with van der Waals surface area (Å²) in [4.78, 5) is 6.64. The van der Waals surface area contributed by atoms with Crippen LogP contribution in [-0.4, -0.2) is 24.8 Å². The first-order valence-corrected chi connectivity index (χ1v) is 5.39. The van der Waals surface area contributed by atoms with Gasteiger partial charge in [0.25, 0.3) is 0 Å². The molecule has 0 aliphatic carbocycles. The number of hydrogen-bond donors (Lipinski definition) is 0. The Kier molecular flexibility index (Phi) is 2.91. The molecule has 0 aliphatic heterocycles. The summed E-state index contributed by atoms with van der Waals surface area (Å²) in [5, 5.41) is 2.43. The molecule has 2 nitrogen and oxygen atoms in total. The van der Waals surface area contributed by atoms with Crippen molar-refractivity contribution in [3.8, 4) is 0 Å². The van der Waals surface area contributed by atoms with Crippen molar-refractivity contribution in [3.63, 3.8) is 0 Å². The van der Waals surface area contributed by atoms with Gasteiger partial charge in [0.1, 0.15) is 5.84 Å². The van der Waals surface area contributed by atoms with E-state index in [1.54, 1.807) is 0 Å².